The second-order valence-corrected chi connectivity index (χ2v) is 6.15. The van der Waals surface area contributed by atoms with Crippen molar-refractivity contribution < 1.29 is 14.7 Å². The number of nitrogens with zero attached hydrogens (tertiary/aromatic N) is 3. The Morgan fingerprint density at radius 3 is 2.65 bits per heavy atom. The number of methoxy groups -OCH3 is 1. The molecule has 2 aromatic carbocycles. The highest BCUT2D eigenvalue weighted by Gasteiger charge is 2.24. The first-order valence-corrected chi connectivity index (χ1v) is 8.28. The zero-order valence-electron chi connectivity index (χ0n) is 13.6. The van der Waals surface area contributed by atoms with Crippen LogP contribution in [0.4, 0.5) is 5.69 Å². The Hall–Kier alpha value is -2.70. The van der Waals surface area contributed by atoms with E-state index >= 15 is 0 Å². The van der Waals surface area contributed by atoms with Crippen LogP contribution in [0.1, 0.15) is 11.1 Å². The van der Waals surface area contributed by atoms with Gasteiger partial charge in [-0.15, -0.1) is 0 Å². The molecule has 0 saturated heterocycles. The van der Waals surface area contributed by atoms with Crippen molar-refractivity contribution in [2.24, 2.45) is 15.1 Å². The molecule has 1 heterocycles. The molecule has 0 aliphatic carbocycles. The minimum absolute atomic E-state index is 0.00134. The molecule has 0 spiro atoms. The van der Waals surface area contributed by atoms with Crippen LogP contribution in [0.2, 0.25) is 10.0 Å². The molecule has 26 heavy (non-hydrogen) atoms. The van der Waals surface area contributed by atoms with Crippen molar-refractivity contribution in [3.63, 3.8) is 0 Å². The molecule has 8 heteroatoms. The number of benzene rings is 2. The van der Waals surface area contributed by atoms with Gasteiger partial charge in [0.2, 0.25) is 5.71 Å². The Labute approximate surface area is 159 Å². The average molecular weight is 390 g/mol. The lowest BCUT2D eigenvalue weighted by molar-refractivity contribution is -0.132. The van der Waals surface area contributed by atoms with Crippen LogP contribution in [0.25, 0.3) is 0 Å². The Kier molecular flexibility index (Phi) is 5.35. The molecule has 132 valence electrons. The molecule has 0 unspecified atom stereocenters. The number of carbonyl (C=O) groups excluding carboxylic acids is 1. The fourth-order valence-electron chi connectivity index (χ4n) is 2.54. The molecule has 0 radical (unpaired) electrons. The number of oxime groups is 1. The molecule has 6 nitrogen and oxygen atoms in total. The van der Waals surface area contributed by atoms with Gasteiger partial charge in [-0.1, -0.05) is 46.6 Å². The SMILES string of the molecule is COC(=O)C(=NO)C1=Nc2ccc(Cl)cc2C(c2ccccc2Cl)=NC1. The summed E-state index contributed by atoms with van der Waals surface area (Å²) in [6, 6.07) is 12.3. The van der Waals surface area contributed by atoms with E-state index in [1.54, 1.807) is 24.3 Å². The maximum absolute atomic E-state index is 11.8. The van der Waals surface area contributed by atoms with Crippen molar-refractivity contribution in [1.29, 1.82) is 0 Å². The molecule has 0 saturated carbocycles. The molecule has 3 rings (SSSR count). The van der Waals surface area contributed by atoms with Crippen molar-refractivity contribution >= 4 is 52.0 Å². The first kappa shape index (κ1) is 18.1. The highest BCUT2D eigenvalue weighted by Crippen LogP contribution is 2.30. The number of halogens is 2. The molecule has 2 aromatic rings. The zero-order valence-corrected chi connectivity index (χ0v) is 15.1. The maximum Gasteiger partial charge on any atom is 0.362 e. The summed E-state index contributed by atoms with van der Waals surface area (Å²) in [7, 11) is 1.19. The van der Waals surface area contributed by atoms with E-state index in [0.717, 1.165) is 0 Å². The third-order valence-electron chi connectivity index (χ3n) is 3.74. The first-order valence-electron chi connectivity index (χ1n) is 7.52. The molecule has 1 N–H and O–H groups in total. The predicted molar refractivity (Wildman–Crippen MR) is 102 cm³/mol. The summed E-state index contributed by atoms with van der Waals surface area (Å²) in [5.41, 5.74) is 2.32. The number of carbonyl (C=O) groups is 1. The van der Waals surface area contributed by atoms with Crippen LogP contribution >= 0.6 is 23.2 Å². The molecule has 0 atom stereocenters. The van der Waals surface area contributed by atoms with Crippen molar-refractivity contribution in [3.8, 4) is 0 Å². The summed E-state index contributed by atoms with van der Waals surface area (Å²) in [6.45, 7) is 0.00134. The van der Waals surface area contributed by atoms with Crippen LogP contribution in [0.3, 0.4) is 0 Å². The van der Waals surface area contributed by atoms with Gasteiger partial charge in [0.15, 0.2) is 0 Å². The molecule has 1 aliphatic heterocycles. The van der Waals surface area contributed by atoms with Crippen LogP contribution in [-0.2, 0) is 9.53 Å². The summed E-state index contributed by atoms with van der Waals surface area (Å²) >= 11 is 12.5. The van der Waals surface area contributed by atoms with Gasteiger partial charge in [0, 0.05) is 21.2 Å². The van der Waals surface area contributed by atoms with E-state index in [2.05, 4.69) is 19.9 Å². The van der Waals surface area contributed by atoms with Gasteiger partial charge < -0.3 is 9.94 Å². The lowest BCUT2D eigenvalue weighted by atomic mass is 10.0. The monoisotopic (exact) mass is 389 g/mol. The van der Waals surface area contributed by atoms with Gasteiger partial charge in [-0.3, -0.25) is 4.99 Å². The smallest absolute Gasteiger partial charge is 0.362 e. The van der Waals surface area contributed by atoms with Crippen molar-refractivity contribution in [1.82, 2.24) is 0 Å². The summed E-state index contributed by atoms with van der Waals surface area (Å²) in [5.74, 6) is -0.807. The van der Waals surface area contributed by atoms with Crippen LogP contribution in [0.5, 0.6) is 0 Å². The topological polar surface area (TPSA) is 83.6 Å². The van der Waals surface area contributed by atoms with Crippen molar-refractivity contribution in [2.45, 2.75) is 0 Å². The summed E-state index contributed by atoms with van der Waals surface area (Å²) in [4.78, 5) is 20.8. The van der Waals surface area contributed by atoms with Gasteiger partial charge in [0.1, 0.15) is 0 Å². The third-order valence-corrected chi connectivity index (χ3v) is 4.30. The first-order chi connectivity index (χ1) is 12.5. The minimum Gasteiger partial charge on any atom is -0.464 e. The van der Waals surface area contributed by atoms with Gasteiger partial charge in [-0.2, -0.15) is 0 Å². The Morgan fingerprint density at radius 1 is 1.19 bits per heavy atom. The third kappa shape index (κ3) is 3.47. The summed E-state index contributed by atoms with van der Waals surface area (Å²) < 4.78 is 4.63. The Bertz CT molecular complexity index is 968. The van der Waals surface area contributed by atoms with Gasteiger partial charge in [-0.05, 0) is 24.3 Å². The Morgan fingerprint density at radius 2 is 1.96 bits per heavy atom. The highest BCUT2D eigenvalue weighted by atomic mass is 35.5. The Balaban J connectivity index is 2.20. The molecule has 1 aliphatic rings. The number of esters is 1. The van der Waals surface area contributed by atoms with Crippen LogP contribution < -0.4 is 0 Å². The molecule has 0 bridgehead atoms. The standard InChI is InChI=1S/C18H13Cl2N3O3/c1-26-18(24)17(23-25)15-9-21-16(11-4-2-3-5-13(11)20)12-8-10(19)6-7-14(12)22-15/h2-8,25H,9H2,1H3. The van der Waals surface area contributed by atoms with Gasteiger partial charge in [-0.25, -0.2) is 9.79 Å². The maximum atomic E-state index is 11.8. The predicted octanol–water partition coefficient (Wildman–Crippen LogP) is 3.92. The van der Waals surface area contributed by atoms with E-state index in [1.807, 2.05) is 18.2 Å². The number of rotatable bonds is 3. The zero-order chi connectivity index (χ0) is 18.7. The molecule has 0 fully saturated rings. The van der Waals surface area contributed by atoms with Gasteiger partial charge in [0.25, 0.3) is 0 Å². The van der Waals surface area contributed by atoms with E-state index in [9.17, 15) is 10.0 Å². The van der Waals surface area contributed by atoms with Crippen LogP contribution in [0.15, 0.2) is 57.6 Å². The van der Waals surface area contributed by atoms with E-state index in [4.69, 9.17) is 23.2 Å². The van der Waals surface area contributed by atoms with Gasteiger partial charge >= 0.3 is 5.97 Å². The number of aliphatic imine (C=N–C) groups is 2. The normalized spacial score (nSPS) is 14.0. The van der Waals surface area contributed by atoms with Crippen molar-refractivity contribution in [2.75, 3.05) is 13.7 Å². The molecule has 0 amide bonds. The fraction of sp³-hybridized carbons (Fsp3) is 0.111. The second-order valence-electron chi connectivity index (χ2n) is 5.30. The highest BCUT2D eigenvalue weighted by molar-refractivity contribution is 6.66. The van der Waals surface area contributed by atoms with Crippen LogP contribution in [-0.4, -0.2) is 42.0 Å². The van der Waals surface area contributed by atoms with Gasteiger partial charge in [0.05, 0.1) is 30.8 Å². The second kappa shape index (κ2) is 7.68. The summed E-state index contributed by atoms with van der Waals surface area (Å²) in [5, 5.41) is 13.3. The van der Waals surface area contributed by atoms with Crippen LogP contribution in [0, 0.1) is 0 Å². The van der Waals surface area contributed by atoms with E-state index in [-0.39, 0.29) is 18.0 Å². The number of fused-ring (bicyclic) bond motifs is 1. The molecular formula is C18H13Cl2N3O3. The van der Waals surface area contributed by atoms with Crippen molar-refractivity contribution in [3.05, 3.63) is 63.6 Å². The number of hydrogen-bond donors (Lipinski definition) is 1. The lowest BCUT2D eigenvalue weighted by Gasteiger charge is -2.10. The van der Waals surface area contributed by atoms with E-state index in [1.165, 1.54) is 7.11 Å². The molecular weight excluding hydrogens is 377 g/mol. The minimum atomic E-state index is -0.807. The molecule has 0 aromatic heterocycles. The fourth-order valence-corrected chi connectivity index (χ4v) is 2.94. The number of ether oxygens (including phenoxy) is 1. The van der Waals surface area contributed by atoms with E-state index < -0.39 is 5.97 Å². The quantitative estimate of drug-likeness (QED) is 0.373. The number of hydrogen-bond acceptors (Lipinski definition) is 6. The van der Waals surface area contributed by atoms with E-state index in [0.29, 0.717) is 32.6 Å². The lowest BCUT2D eigenvalue weighted by Crippen LogP contribution is -2.27. The average Bonchev–Trinajstić information content (AvgIpc) is 2.82. The largest absolute Gasteiger partial charge is 0.464 e. The summed E-state index contributed by atoms with van der Waals surface area (Å²) in [6.07, 6.45) is 0.